The molecule has 142 valence electrons. The van der Waals surface area contributed by atoms with E-state index >= 15 is 0 Å². The Bertz CT molecular complexity index is 1020. The second kappa shape index (κ2) is 7.89. The minimum atomic E-state index is -3.72. The molecule has 0 bridgehead atoms. The van der Waals surface area contributed by atoms with Crippen LogP contribution in [0.4, 0.5) is 4.39 Å². The summed E-state index contributed by atoms with van der Waals surface area (Å²) in [5.74, 6) is 0.486. The van der Waals surface area contributed by atoms with Crippen LogP contribution in [-0.4, -0.2) is 25.1 Å². The molecule has 0 aliphatic carbocycles. The van der Waals surface area contributed by atoms with Crippen LogP contribution in [0.5, 0.6) is 5.75 Å². The number of halogens is 1. The van der Waals surface area contributed by atoms with Gasteiger partial charge in [0.1, 0.15) is 23.4 Å². The lowest BCUT2D eigenvalue weighted by Crippen LogP contribution is -2.32. The van der Waals surface area contributed by atoms with Crippen LogP contribution in [0, 0.1) is 5.82 Å². The van der Waals surface area contributed by atoms with E-state index in [0.717, 1.165) is 0 Å². The molecule has 6 nitrogen and oxygen atoms in total. The molecule has 1 unspecified atom stereocenters. The van der Waals surface area contributed by atoms with Crippen LogP contribution in [0.25, 0.3) is 0 Å². The molecule has 2 aromatic carbocycles. The molecule has 0 spiro atoms. The molecule has 8 heteroatoms. The van der Waals surface area contributed by atoms with Crippen LogP contribution in [0.1, 0.15) is 23.0 Å². The number of aryl methyl sites for hydroxylation is 1. The summed E-state index contributed by atoms with van der Waals surface area (Å²) in [6.45, 7) is 0. The number of nitrogens with one attached hydrogen (secondary N) is 1. The molecular formula is C19H20FN3O3S. The van der Waals surface area contributed by atoms with E-state index in [4.69, 9.17) is 4.74 Å². The first-order valence-electron chi connectivity index (χ1n) is 8.23. The van der Waals surface area contributed by atoms with Gasteiger partial charge in [-0.1, -0.05) is 24.3 Å². The van der Waals surface area contributed by atoms with Crippen molar-refractivity contribution in [3.8, 4) is 5.75 Å². The topological polar surface area (TPSA) is 73.2 Å². The van der Waals surface area contributed by atoms with E-state index in [0.29, 0.717) is 22.7 Å². The van der Waals surface area contributed by atoms with Gasteiger partial charge < -0.3 is 9.30 Å². The van der Waals surface area contributed by atoms with E-state index in [1.807, 2.05) is 6.07 Å². The summed E-state index contributed by atoms with van der Waals surface area (Å²) in [6, 6.07) is 11.8. The van der Waals surface area contributed by atoms with Crippen molar-refractivity contribution in [1.82, 2.24) is 14.3 Å². The van der Waals surface area contributed by atoms with E-state index in [1.165, 1.54) is 24.3 Å². The van der Waals surface area contributed by atoms with E-state index in [-0.39, 0.29) is 5.75 Å². The molecule has 3 aromatic rings. The quantitative estimate of drug-likeness (QED) is 0.674. The van der Waals surface area contributed by atoms with Crippen molar-refractivity contribution >= 4 is 10.0 Å². The first-order valence-corrected chi connectivity index (χ1v) is 9.89. The molecule has 1 heterocycles. The highest BCUT2D eigenvalue weighted by Gasteiger charge is 2.25. The normalized spacial score (nSPS) is 12.7. The molecule has 0 radical (unpaired) electrons. The number of hydrogen-bond acceptors (Lipinski definition) is 4. The van der Waals surface area contributed by atoms with Gasteiger partial charge in [0, 0.05) is 19.4 Å². The zero-order valence-electron chi connectivity index (χ0n) is 15.0. The number of benzene rings is 2. The number of rotatable bonds is 7. The maximum atomic E-state index is 13.1. The van der Waals surface area contributed by atoms with Crippen molar-refractivity contribution in [2.75, 3.05) is 7.11 Å². The largest absolute Gasteiger partial charge is 0.497 e. The number of imidazole rings is 1. The van der Waals surface area contributed by atoms with Crippen LogP contribution in [0.3, 0.4) is 0 Å². The minimum absolute atomic E-state index is 0.266. The second-order valence-corrected chi connectivity index (χ2v) is 7.86. The standard InChI is InChI=1S/C19H20FN3O3S/c1-23-11-10-21-19(23)18(15-4-3-5-17(12-15)26-2)22-27(24,25)13-14-6-8-16(20)9-7-14/h3-12,18,22H,13H2,1-2H3. The van der Waals surface area contributed by atoms with Gasteiger partial charge >= 0.3 is 0 Å². The molecule has 0 saturated heterocycles. The minimum Gasteiger partial charge on any atom is -0.497 e. The third kappa shape index (κ3) is 4.72. The van der Waals surface area contributed by atoms with Gasteiger partial charge in [-0.05, 0) is 35.4 Å². The fourth-order valence-electron chi connectivity index (χ4n) is 2.77. The maximum absolute atomic E-state index is 13.1. The Hall–Kier alpha value is -2.71. The second-order valence-electron chi connectivity index (χ2n) is 6.11. The molecule has 1 atom stereocenters. The third-order valence-corrected chi connectivity index (χ3v) is 5.42. The fourth-order valence-corrected chi connectivity index (χ4v) is 4.08. The Balaban J connectivity index is 1.93. The average molecular weight is 389 g/mol. The molecule has 1 aromatic heterocycles. The average Bonchev–Trinajstić information content (AvgIpc) is 3.07. The molecular weight excluding hydrogens is 369 g/mol. The molecule has 27 heavy (non-hydrogen) atoms. The van der Waals surface area contributed by atoms with Crippen LogP contribution in [0.2, 0.25) is 0 Å². The van der Waals surface area contributed by atoms with Crippen molar-refractivity contribution in [1.29, 1.82) is 0 Å². The summed E-state index contributed by atoms with van der Waals surface area (Å²) in [6.07, 6.45) is 3.35. The van der Waals surface area contributed by atoms with E-state index < -0.39 is 21.9 Å². The van der Waals surface area contributed by atoms with Gasteiger partial charge in [-0.15, -0.1) is 0 Å². The van der Waals surface area contributed by atoms with Gasteiger partial charge in [0.15, 0.2) is 0 Å². The lowest BCUT2D eigenvalue weighted by molar-refractivity contribution is 0.413. The zero-order valence-corrected chi connectivity index (χ0v) is 15.8. The summed E-state index contributed by atoms with van der Waals surface area (Å²) < 4.78 is 48.3. The first-order chi connectivity index (χ1) is 12.9. The summed E-state index contributed by atoms with van der Waals surface area (Å²) in [5, 5.41) is 0. The van der Waals surface area contributed by atoms with E-state index in [1.54, 1.807) is 49.3 Å². The monoisotopic (exact) mass is 389 g/mol. The van der Waals surface area contributed by atoms with Crippen LogP contribution < -0.4 is 9.46 Å². The van der Waals surface area contributed by atoms with Crippen LogP contribution in [0.15, 0.2) is 60.9 Å². The van der Waals surface area contributed by atoms with Gasteiger partial charge in [0.05, 0.1) is 12.9 Å². The Morgan fingerprint density at radius 3 is 2.59 bits per heavy atom. The SMILES string of the molecule is COc1cccc(C(NS(=O)(=O)Cc2ccc(F)cc2)c2nccn2C)c1. The molecule has 0 saturated carbocycles. The summed E-state index contributed by atoms with van der Waals surface area (Å²) in [4.78, 5) is 4.30. The number of aromatic nitrogens is 2. The van der Waals surface area contributed by atoms with Crippen LogP contribution >= 0.6 is 0 Å². The first kappa shape index (κ1) is 19.1. The van der Waals surface area contributed by atoms with Gasteiger partial charge in [0.2, 0.25) is 10.0 Å². The number of methoxy groups -OCH3 is 1. The molecule has 0 fully saturated rings. The highest BCUT2D eigenvalue weighted by Crippen LogP contribution is 2.25. The maximum Gasteiger partial charge on any atom is 0.216 e. The highest BCUT2D eigenvalue weighted by molar-refractivity contribution is 7.88. The lowest BCUT2D eigenvalue weighted by atomic mass is 10.1. The number of sulfonamides is 1. The van der Waals surface area contributed by atoms with Crippen molar-refractivity contribution in [3.05, 3.63) is 83.7 Å². The van der Waals surface area contributed by atoms with Gasteiger partial charge in [0.25, 0.3) is 0 Å². The Labute approximate surface area is 157 Å². The molecule has 1 N–H and O–H groups in total. The summed E-state index contributed by atoms with van der Waals surface area (Å²) in [5.41, 5.74) is 1.19. The fraction of sp³-hybridized carbons (Fsp3) is 0.211. The summed E-state index contributed by atoms with van der Waals surface area (Å²) in [7, 11) is -0.379. The summed E-state index contributed by atoms with van der Waals surface area (Å²) >= 11 is 0. The van der Waals surface area contributed by atoms with Crippen molar-refractivity contribution in [3.63, 3.8) is 0 Å². The van der Waals surface area contributed by atoms with Gasteiger partial charge in [-0.2, -0.15) is 4.72 Å². The smallest absolute Gasteiger partial charge is 0.216 e. The van der Waals surface area contributed by atoms with E-state index in [2.05, 4.69) is 9.71 Å². The predicted molar refractivity (Wildman–Crippen MR) is 100 cm³/mol. The Morgan fingerprint density at radius 2 is 1.96 bits per heavy atom. The van der Waals surface area contributed by atoms with Gasteiger partial charge in [-0.25, -0.2) is 17.8 Å². The van der Waals surface area contributed by atoms with Gasteiger partial charge in [-0.3, -0.25) is 0 Å². The Kier molecular flexibility index (Phi) is 5.57. The highest BCUT2D eigenvalue weighted by atomic mass is 32.2. The zero-order chi connectivity index (χ0) is 19.4. The third-order valence-electron chi connectivity index (χ3n) is 4.11. The predicted octanol–water partition coefficient (Wildman–Crippen LogP) is 2.78. The molecule has 0 aliphatic heterocycles. The number of hydrogen-bond donors (Lipinski definition) is 1. The number of ether oxygens (including phenoxy) is 1. The molecule has 3 rings (SSSR count). The van der Waals surface area contributed by atoms with Crippen LogP contribution in [-0.2, 0) is 22.8 Å². The van der Waals surface area contributed by atoms with Crippen molar-refractivity contribution in [2.45, 2.75) is 11.8 Å². The molecule has 0 aliphatic rings. The number of nitrogens with zero attached hydrogens (tertiary/aromatic N) is 2. The van der Waals surface area contributed by atoms with Crippen molar-refractivity contribution in [2.24, 2.45) is 7.05 Å². The van der Waals surface area contributed by atoms with E-state index in [9.17, 15) is 12.8 Å². The molecule has 0 amide bonds. The Morgan fingerprint density at radius 1 is 1.22 bits per heavy atom. The van der Waals surface area contributed by atoms with Crippen molar-refractivity contribution < 1.29 is 17.5 Å². The lowest BCUT2D eigenvalue weighted by Gasteiger charge is -2.20.